The minimum Gasteiger partial charge on any atom is -0.480 e. The Kier molecular flexibility index (Phi) is 2.56. The highest BCUT2D eigenvalue weighted by Crippen LogP contribution is 2.06. The average Bonchev–Trinajstić information content (AvgIpc) is 2.03. The highest BCUT2D eigenvalue weighted by molar-refractivity contribution is 6.64. The fraction of sp³-hybridized carbons (Fsp3) is 0.400. The molecule has 0 bridgehead atoms. The topological polar surface area (TPSA) is 46.1 Å². The Morgan fingerprint density at radius 1 is 1.64 bits per heavy atom. The van der Waals surface area contributed by atoms with Crippen LogP contribution < -0.4 is 5.43 Å². The predicted octanol–water partition coefficient (Wildman–Crippen LogP) is 0.408. The average molecular weight is 178 g/mol. The number of ether oxygens (including phenoxy) is 1. The normalized spacial score (nSPS) is 16.8. The van der Waals surface area contributed by atoms with Gasteiger partial charge in [-0.2, -0.15) is 10.2 Å². The summed E-state index contributed by atoms with van der Waals surface area (Å²) in [5.41, 5.74) is 2.60. The Hall–Kier alpha value is -0.940. The van der Waals surface area contributed by atoms with Gasteiger partial charge in [0.05, 0.1) is 14.2 Å². The molecule has 0 atom stereocenters. The maximum absolute atomic E-state index is 5.56. The van der Waals surface area contributed by atoms with Crippen LogP contribution in [-0.2, 0) is 9.57 Å². The molecule has 6 heteroatoms. The molecule has 0 radical (unpaired) electrons. The van der Waals surface area contributed by atoms with Crippen molar-refractivity contribution in [1.82, 2.24) is 10.6 Å². The smallest absolute Gasteiger partial charge is 0.237 e. The number of hydroxylamine groups is 1. The van der Waals surface area contributed by atoms with Crippen LogP contribution in [0.5, 0.6) is 0 Å². The number of nitrogens with one attached hydrogen (secondary N) is 1. The van der Waals surface area contributed by atoms with Gasteiger partial charge in [0.1, 0.15) is 6.20 Å². The molecule has 5 nitrogen and oxygen atoms in total. The largest absolute Gasteiger partial charge is 0.480 e. The van der Waals surface area contributed by atoms with Gasteiger partial charge in [-0.1, -0.05) is 0 Å². The quantitative estimate of drug-likeness (QED) is 0.621. The van der Waals surface area contributed by atoms with Gasteiger partial charge >= 0.3 is 0 Å². The van der Waals surface area contributed by atoms with Crippen LogP contribution in [0.1, 0.15) is 0 Å². The van der Waals surface area contributed by atoms with Crippen molar-refractivity contribution in [2.24, 2.45) is 4.99 Å². The van der Waals surface area contributed by atoms with E-state index in [1.165, 1.54) is 25.6 Å². The number of nitrogens with zero attached hydrogens (tertiary/aromatic N) is 2. The van der Waals surface area contributed by atoms with Gasteiger partial charge in [-0.3, -0.25) is 4.84 Å². The van der Waals surface area contributed by atoms with Gasteiger partial charge in [-0.25, -0.2) is 5.43 Å². The summed E-state index contributed by atoms with van der Waals surface area (Å²) in [7, 11) is 2.99. The van der Waals surface area contributed by atoms with Crippen LogP contribution >= 0.6 is 11.6 Å². The molecule has 0 fully saturated rings. The Morgan fingerprint density at radius 2 is 2.36 bits per heavy atom. The van der Waals surface area contributed by atoms with E-state index in [2.05, 4.69) is 10.4 Å². The Bertz CT molecular complexity index is 204. The van der Waals surface area contributed by atoms with E-state index in [4.69, 9.17) is 21.2 Å². The van der Waals surface area contributed by atoms with Crippen molar-refractivity contribution in [2.45, 2.75) is 0 Å². The van der Waals surface area contributed by atoms with Crippen LogP contribution in [-0.4, -0.2) is 24.7 Å². The Morgan fingerprint density at radius 3 is 2.91 bits per heavy atom. The van der Waals surface area contributed by atoms with E-state index in [9.17, 15) is 0 Å². The zero-order valence-corrected chi connectivity index (χ0v) is 6.92. The van der Waals surface area contributed by atoms with Gasteiger partial charge in [0.15, 0.2) is 0 Å². The SMILES string of the molecule is COC1=CN(OC)NC(Cl)=N1. The zero-order valence-electron chi connectivity index (χ0n) is 6.17. The number of aliphatic imine (C=N–C) groups is 1. The maximum atomic E-state index is 5.56. The Labute approximate surface area is 69.2 Å². The first-order valence-electron chi connectivity index (χ1n) is 2.86. The van der Waals surface area contributed by atoms with E-state index in [1.807, 2.05) is 0 Å². The molecule has 1 rings (SSSR count). The molecule has 0 aromatic heterocycles. The minimum absolute atomic E-state index is 0.200. The lowest BCUT2D eigenvalue weighted by atomic mass is 10.8. The zero-order chi connectivity index (χ0) is 8.27. The molecule has 0 saturated carbocycles. The number of hydrazine groups is 1. The molecule has 0 unspecified atom stereocenters. The summed E-state index contributed by atoms with van der Waals surface area (Å²) in [4.78, 5) is 8.58. The molecule has 11 heavy (non-hydrogen) atoms. The molecule has 1 heterocycles. The highest BCUT2D eigenvalue weighted by Gasteiger charge is 2.09. The predicted molar refractivity (Wildman–Crippen MR) is 40.4 cm³/mol. The van der Waals surface area contributed by atoms with E-state index in [0.29, 0.717) is 5.88 Å². The molecule has 0 spiro atoms. The fourth-order valence-corrected chi connectivity index (χ4v) is 0.737. The second kappa shape index (κ2) is 3.45. The van der Waals surface area contributed by atoms with Crippen LogP contribution in [0.25, 0.3) is 0 Å². The van der Waals surface area contributed by atoms with E-state index in [-0.39, 0.29) is 5.29 Å². The second-order valence-electron chi connectivity index (χ2n) is 1.69. The van der Waals surface area contributed by atoms with Crippen LogP contribution in [0.3, 0.4) is 0 Å². The van der Waals surface area contributed by atoms with Gasteiger partial charge in [0.25, 0.3) is 0 Å². The van der Waals surface area contributed by atoms with Gasteiger partial charge in [0, 0.05) is 0 Å². The summed E-state index contributed by atoms with van der Waals surface area (Å²) in [5, 5.41) is 1.49. The highest BCUT2D eigenvalue weighted by atomic mass is 35.5. The standard InChI is InChI=1S/C5H8ClN3O2/c1-10-4-3-9(11-2)8-5(6)7-4/h3H,1-2H3,(H,7,8). The van der Waals surface area contributed by atoms with Crippen molar-refractivity contribution in [3.05, 3.63) is 12.1 Å². The van der Waals surface area contributed by atoms with Crippen molar-refractivity contribution in [1.29, 1.82) is 0 Å². The summed E-state index contributed by atoms with van der Waals surface area (Å²) in [6.07, 6.45) is 1.52. The molecule has 1 aliphatic rings. The molecule has 62 valence electrons. The molecule has 0 aromatic rings. The first kappa shape index (κ1) is 8.16. The van der Waals surface area contributed by atoms with Crippen molar-refractivity contribution in [2.75, 3.05) is 14.2 Å². The number of hydrogen-bond acceptors (Lipinski definition) is 5. The van der Waals surface area contributed by atoms with Crippen molar-refractivity contribution >= 4 is 16.9 Å². The fourth-order valence-electron chi connectivity index (χ4n) is 0.571. The number of halogens is 1. The van der Waals surface area contributed by atoms with Crippen molar-refractivity contribution in [3.63, 3.8) is 0 Å². The lowest BCUT2D eigenvalue weighted by Gasteiger charge is -2.21. The Balaban J connectivity index is 2.69. The van der Waals surface area contributed by atoms with Crippen LogP contribution in [0.4, 0.5) is 0 Å². The summed E-state index contributed by atoms with van der Waals surface area (Å²) >= 11 is 5.56. The minimum atomic E-state index is 0.200. The molecule has 0 amide bonds. The van der Waals surface area contributed by atoms with Crippen molar-refractivity contribution < 1.29 is 9.57 Å². The summed E-state index contributed by atoms with van der Waals surface area (Å²) in [5.74, 6) is 0.385. The van der Waals surface area contributed by atoms with E-state index in [1.54, 1.807) is 0 Å². The number of amidine groups is 1. The summed E-state index contributed by atoms with van der Waals surface area (Å²) < 4.78 is 4.82. The van der Waals surface area contributed by atoms with Crippen LogP contribution in [0, 0.1) is 0 Å². The third-order valence-electron chi connectivity index (χ3n) is 1.04. The molecule has 0 saturated heterocycles. The van der Waals surface area contributed by atoms with Gasteiger partial charge in [-0.05, 0) is 11.6 Å². The van der Waals surface area contributed by atoms with Crippen LogP contribution in [0.15, 0.2) is 17.1 Å². The third kappa shape index (κ3) is 1.99. The molecular formula is C5H8ClN3O2. The third-order valence-corrected chi connectivity index (χ3v) is 1.21. The lowest BCUT2D eigenvalue weighted by molar-refractivity contribution is -0.115. The molecule has 0 aromatic carbocycles. The first-order chi connectivity index (χ1) is 5.26. The number of hydrogen-bond donors (Lipinski definition) is 1. The molecule has 0 aliphatic carbocycles. The van der Waals surface area contributed by atoms with Gasteiger partial charge < -0.3 is 4.74 Å². The van der Waals surface area contributed by atoms with E-state index < -0.39 is 0 Å². The van der Waals surface area contributed by atoms with E-state index >= 15 is 0 Å². The van der Waals surface area contributed by atoms with Gasteiger partial charge in [-0.15, -0.1) is 0 Å². The molecular weight excluding hydrogens is 170 g/mol. The summed E-state index contributed by atoms with van der Waals surface area (Å²) in [6.45, 7) is 0. The summed E-state index contributed by atoms with van der Waals surface area (Å²) in [6, 6.07) is 0. The number of rotatable bonds is 2. The monoisotopic (exact) mass is 177 g/mol. The molecule has 1 N–H and O–H groups in total. The van der Waals surface area contributed by atoms with E-state index in [0.717, 1.165) is 0 Å². The molecule has 1 aliphatic heterocycles. The second-order valence-corrected chi connectivity index (χ2v) is 2.05. The van der Waals surface area contributed by atoms with Crippen molar-refractivity contribution in [3.8, 4) is 0 Å². The first-order valence-corrected chi connectivity index (χ1v) is 3.24. The van der Waals surface area contributed by atoms with Gasteiger partial charge in [0.2, 0.25) is 11.2 Å². The van der Waals surface area contributed by atoms with Crippen LogP contribution in [0.2, 0.25) is 0 Å². The number of methoxy groups -OCH3 is 1. The maximum Gasteiger partial charge on any atom is 0.237 e. The lowest BCUT2D eigenvalue weighted by Crippen LogP contribution is -2.38.